The van der Waals surface area contributed by atoms with Gasteiger partial charge in [-0.15, -0.1) is 0 Å². The highest BCUT2D eigenvalue weighted by Gasteiger charge is 2.52. The summed E-state index contributed by atoms with van der Waals surface area (Å²) in [4.78, 5) is 20.2. The van der Waals surface area contributed by atoms with Gasteiger partial charge in [-0.05, 0) is 122 Å². The Hall–Kier alpha value is -8.48. The number of rotatable bonds is 6. The topological polar surface area (TPSA) is 77.8 Å². The zero-order valence-electron chi connectivity index (χ0n) is 40.2. The van der Waals surface area contributed by atoms with Gasteiger partial charge >= 0.3 is 0 Å². The lowest BCUT2D eigenvalue weighted by Gasteiger charge is -2.37. The molecule has 3 heterocycles. The normalized spacial score (nSPS) is 18.1. The van der Waals surface area contributed by atoms with E-state index >= 15 is 0 Å². The second-order valence-corrected chi connectivity index (χ2v) is 20.9. The van der Waals surface area contributed by atoms with Crippen molar-refractivity contribution in [1.29, 1.82) is 0 Å². The van der Waals surface area contributed by atoms with E-state index in [2.05, 4.69) is 156 Å². The molecular weight excluding hydrogens is 869 g/mol. The molecule has 0 saturated carbocycles. The molecule has 0 amide bonds. The van der Waals surface area contributed by atoms with Gasteiger partial charge in [0.15, 0.2) is 11.2 Å². The number of allylic oxidation sites excluding steroid dienone is 4. The predicted molar refractivity (Wildman–Crippen MR) is 287 cm³/mol. The number of nitrogens with zero attached hydrogens (tertiary/aromatic N) is 4. The van der Waals surface area contributed by atoms with Gasteiger partial charge in [-0.1, -0.05) is 174 Å². The second-order valence-electron chi connectivity index (χ2n) is 20.9. The first kappa shape index (κ1) is 41.5. The van der Waals surface area contributed by atoms with Crippen LogP contribution in [-0.4, -0.2) is 19.9 Å². The molecule has 0 aliphatic heterocycles. The molecule has 3 aromatic heterocycles. The highest BCUT2D eigenvalue weighted by Crippen LogP contribution is 2.58. The van der Waals surface area contributed by atoms with Gasteiger partial charge in [0.25, 0.3) is 0 Å². The van der Waals surface area contributed by atoms with E-state index in [-0.39, 0.29) is 22.2 Å². The van der Waals surface area contributed by atoms with Crippen LogP contribution < -0.4 is 0 Å². The summed E-state index contributed by atoms with van der Waals surface area (Å²) in [5, 5.41) is 0. The average molecular weight is 917 g/mol. The maximum absolute atomic E-state index is 6.23. The number of fused-ring (bicyclic) bond motifs is 9. The minimum Gasteiger partial charge on any atom is -0.436 e. The number of benzene rings is 8. The Labute approximate surface area is 412 Å². The fourth-order valence-electron chi connectivity index (χ4n) is 12.1. The molecule has 2 unspecified atom stereocenters. The molecule has 3 aliphatic rings. The van der Waals surface area contributed by atoms with Gasteiger partial charge < -0.3 is 8.83 Å². The third-order valence-corrected chi connectivity index (χ3v) is 16.0. The van der Waals surface area contributed by atoms with Gasteiger partial charge in [0.2, 0.25) is 11.8 Å². The largest absolute Gasteiger partial charge is 0.436 e. The molecule has 0 spiro atoms. The summed E-state index contributed by atoms with van der Waals surface area (Å²) in [7, 11) is 0. The Bertz CT molecular complexity index is 4010. The van der Waals surface area contributed by atoms with E-state index in [1.165, 1.54) is 44.5 Å². The van der Waals surface area contributed by atoms with Crippen LogP contribution in [-0.2, 0) is 16.2 Å². The van der Waals surface area contributed by atoms with Crippen molar-refractivity contribution < 1.29 is 8.83 Å². The Kier molecular flexibility index (Phi) is 8.77. The van der Waals surface area contributed by atoms with Crippen molar-refractivity contribution in [2.45, 2.75) is 50.9 Å². The zero-order chi connectivity index (χ0) is 47.8. The summed E-state index contributed by atoms with van der Waals surface area (Å²) in [5.74, 6) is 1.56. The number of oxazole rings is 2. The minimum atomic E-state index is -0.211. The Morgan fingerprint density at radius 2 is 0.845 bits per heavy atom. The van der Waals surface area contributed by atoms with Crippen LogP contribution in [0.15, 0.2) is 203 Å². The van der Waals surface area contributed by atoms with Gasteiger partial charge in [-0.2, -0.15) is 0 Å². The average Bonchev–Trinajstić information content (AvgIpc) is 4.14. The third kappa shape index (κ3) is 6.33. The summed E-state index contributed by atoms with van der Waals surface area (Å²) in [6.07, 6.45) is 6.95. The van der Waals surface area contributed by atoms with Crippen molar-refractivity contribution in [2.24, 2.45) is 5.92 Å². The first-order valence-electron chi connectivity index (χ1n) is 24.6. The van der Waals surface area contributed by atoms with Crippen LogP contribution in [0.2, 0.25) is 0 Å². The maximum Gasteiger partial charge on any atom is 0.227 e. The Morgan fingerprint density at radius 3 is 1.42 bits per heavy atom. The standard InChI is InChI=1S/C65H48N4O2/c1-63(2)49-34-42(26-29-46(49)47-30-27-44(36-50(47)63)61-68-54-14-8-10-16-56(54)70-61)38-18-22-40(23-19-38)59-60(67-53-13-7-6-12-52(53)66-59)41-24-20-39(21-25-41)43-28-31-48-51(35-43)64(3,4)58-37-45(32-33-65(48,58)5)62-69-55-15-9-11-17-57(55)71-62/h6-37,58H,1-5H3. The SMILES string of the molecule is CC1(C)c2cc(-c3ccc(-c4nc5ccccc5nc4-c4ccc(-c5ccc6c(c5)C(C)(C)C5C=C(c7nc8ccccc8o7)C=CC65C)cc4)cc3)ccc2-c2ccc(-c3nc4ccccc4o3)cc21. The molecule has 3 aliphatic carbocycles. The van der Waals surface area contributed by atoms with Crippen molar-refractivity contribution >= 4 is 38.8 Å². The fourth-order valence-corrected chi connectivity index (χ4v) is 12.1. The highest BCUT2D eigenvalue weighted by atomic mass is 16.4. The van der Waals surface area contributed by atoms with E-state index in [4.69, 9.17) is 28.8 Å². The smallest absolute Gasteiger partial charge is 0.227 e. The molecule has 0 saturated heterocycles. The summed E-state index contributed by atoms with van der Waals surface area (Å²) in [6, 6.07) is 62.3. The van der Waals surface area contributed by atoms with E-state index in [1.54, 1.807) is 0 Å². The first-order chi connectivity index (χ1) is 34.5. The molecular formula is C65H48N4O2. The molecule has 0 bridgehead atoms. The lowest BCUT2D eigenvalue weighted by atomic mass is 9.66. The molecule has 2 atom stereocenters. The monoisotopic (exact) mass is 916 g/mol. The van der Waals surface area contributed by atoms with Crippen LogP contribution in [0.3, 0.4) is 0 Å². The van der Waals surface area contributed by atoms with Gasteiger partial charge in [0.05, 0.1) is 22.4 Å². The summed E-state index contributed by atoms with van der Waals surface area (Å²) >= 11 is 0. The zero-order valence-corrected chi connectivity index (χ0v) is 40.2. The molecule has 11 aromatic rings. The molecule has 6 heteroatoms. The molecule has 71 heavy (non-hydrogen) atoms. The van der Waals surface area contributed by atoms with E-state index < -0.39 is 0 Å². The molecule has 340 valence electrons. The van der Waals surface area contributed by atoms with Gasteiger partial charge in [-0.25, -0.2) is 19.9 Å². The first-order valence-corrected chi connectivity index (χ1v) is 24.6. The van der Waals surface area contributed by atoms with Crippen LogP contribution >= 0.6 is 0 Å². The van der Waals surface area contributed by atoms with Gasteiger partial charge in [0.1, 0.15) is 11.0 Å². The summed E-state index contributed by atoms with van der Waals surface area (Å²) in [6.45, 7) is 11.8. The van der Waals surface area contributed by atoms with Gasteiger partial charge in [0, 0.05) is 33.1 Å². The molecule has 14 rings (SSSR count). The van der Waals surface area contributed by atoms with E-state index in [9.17, 15) is 0 Å². The van der Waals surface area contributed by atoms with Crippen LogP contribution in [0.1, 0.15) is 62.8 Å². The van der Waals surface area contributed by atoms with Crippen LogP contribution in [0.5, 0.6) is 0 Å². The molecule has 8 aromatic carbocycles. The third-order valence-electron chi connectivity index (χ3n) is 16.0. The number of para-hydroxylation sites is 6. The lowest BCUT2D eigenvalue weighted by molar-refractivity contribution is 0.324. The molecule has 0 fully saturated rings. The van der Waals surface area contributed by atoms with Crippen LogP contribution in [0, 0.1) is 5.92 Å². The fraction of sp³-hybridized carbons (Fsp3) is 0.138. The second kappa shape index (κ2) is 15.0. The van der Waals surface area contributed by atoms with Crippen LogP contribution in [0.4, 0.5) is 0 Å². The number of hydrogen-bond acceptors (Lipinski definition) is 6. The van der Waals surface area contributed by atoms with Gasteiger partial charge in [-0.3, -0.25) is 0 Å². The molecule has 6 nitrogen and oxygen atoms in total. The summed E-state index contributed by atoms with van der Waals surface area (Å²) in [5.41, 5.74) is 22.9. The van der Waals surface area contributed by atoms with Crippen LogP contribution in [0.25, 0.3) is 106 Å². The highest BCUT2D eigenvalue weighted by molar-refractivity contribution is 5.89. The van der Waals surface area contributed by atoms with E-state index in [0.29, 0.717) is 11.8 Å². The van der Waals surface area contributed by atoms with E-state index in [1.807, 2.05) is 72.8 Å². The Morgan fingerprint density at radius 1 is 0.394 bits per heavy atom. The predicted octanol–water partition coefficient (Wildman–Crippen LogP) is 16.4. The minimum absolute atomic E-state index is 0.129. The molecule has 0 radical (unpaired) electrons. The van der Waals surface area contributed by atoms with Crippen molar-refractivity contribution in [2.75, 3.05) is 0 Å². The van der Waals surface area contributed by atoms with Crippen molar-refractivity contribution in [3.05, 3.63) is 222 Å². The van der Waals surface area contributed by atoms with Crippen molar-refractivity contribution in [1.82, 2.24) is 19.9 Å². The van der Waals surface area contributed by atoms with Crippen molar-refractivity contribution in [3.8, 4) is 67.3 Å². The summed E-state index contributed by atoms with van der Waals surface area (Å²) < 4.78 is 12.4. The van der Waals surface area contributed by atoms with Crippen molar-refractivity contribution in [3.63, 3.8) is 0 Å². The number of aromatic nitrogens is 4. The maximum atomic E-state index is 6.23. The van der Waals surface area contributed by atoms with E-state index in [0.717, 1.165) is 78.0 Å². The molecule has 0 N–H and O–H groups in total. The quantitative estimate of drug-likeness (QED) is 0.165. The Balaban J connectivity index is 0.759. The number of hydrogen-bond donors (Lipinski definition) is 0. The lowest BCUT2D eigenvalue weighted by Crippen LogP contribution is -2.34.